The first-order valence-electron chi connectivity index (χ1n) is 8.05. The molecule has 2 heterocycles. The van der Waals surface area contributed by atoms with Gasteiger partial charge in [0.1, 0.15) is 0 Å². The summed E-state index contributed by atoms with van der Waals surface area (Å²) in [6.45, 7) is 0.156. The summed E-state index contributed by atoms with van der Waals surface area (Å²) in [5, 5.41) is 8.35. The maximum Gasteiger partial charge on any atom is 0.271 e. The Labute approximate surface area is 160 Å². The molecule has 2 aromatic carbocycles. The van der Waals surface area contributed by atoms with Crippen LogP contribution in [-0.2, 0) is 4.79 Å². The first-order valence-corrected chi connectivity index (χ1v) is 8.86. The minimum Gasteiger partial charge on any atom is -0.493 e. The van der Waals surface area contributed by atoms with Crippen molar-refractivity contribution in [3.05, 3.63) is 46.9 Å². The van der Waals surface area contributed by atoms with E-state index in [0.29, 0.717) is 33.6 Å². The first kappa shape index (κ1) is 17.3. The van der Waals surface area contributed by atoms with E-state index in [1.54, 1.807) is 50.6 Å². The lowest BCUT2D eigenvalue weighted by molar-refractivity contribution is -0.113. The van der Waals surface area contributed by atoms with Gasteiger partial charge in [-0.1, -0.05) is 6.07 Å². The molecule has 0 aliphatic carbocycles. The van der Waals surface area contributed by atoms with E-state index >= 15 is 0 Å². The Morgan fingerprint density at radius 3 is 2.63 bits per heavy atom. The summed E-state index contributed by atoms with van der Waals surface area (Å²) in [5.74, 6) is 2.12. The second-order valence-electron chi connectivity index (χ2n) is 5.71. The van der Waals surface area contributed by atoms with E-state index in [-0.39, 0.29) is 17.9 Å². The number of carbonyl (C=O) groups is 1. The van der Waals surface area contributed by atoms with Crippen molar-refractivity contribution in [2.75, 3.05) is 25.9 Å². The van der Waals surface area contributed by atoms with Crippen LogP contribution in [0.25, 0.3) is 6.08 Å². The molecule has 2 aliphatic rings. The number of amidine groups is 1. The highest BCUT2D eigenvalue weighted by Crippen LogP contribution is 2.40. The molecule has 0 unspecified atom stereocenters. The monoisotopic (exact) mass is 384 g/mol. The second-order valence-corrected chi connectivity index (χ2v) is 6.74. The zero-order chi connectivity index (χ0) is 19.0. The maximum absolute atomic E-state index is 12.9. The predicted molar refractivity (Wildman–Crippen MR) is 103 cm³/mol. The number of thioether (sulfide) groups is 1. The number of hydrogen-bond acceptors (Lipinski definition) is 7. The van der Waals surface area contributed by atoms with Gasteiger partial charge in [0, 0.05) is 6.07 Å². The van der Waals surface area contributed by atoms with Crippen LogP contribution in [0.5, 0.6) is 23.0 Å². The van der Waals surface area contributed by atoms with E-state index in [0.717, 1.165) is 17.3 Å². The molecule has 0 atom stereocenters. The summed E-state index contributed by atoms with van der Waals surface area (Å²) in [7, 11) is 3.12. The van der Waals surface area contributed by atoms with Gasteiger partial charge in [0.2, 0.25) is 6.79 Å². The van der Waals surface area contributed by atoms with E-state index in [1.165, 1.54) is 4.90 Å². The Bertz CT molecular complexity index is 973. The fourth-order valence-electron chi connectivity index (χ4n) is 2.84. The number of anilines is 1. The molecule has 0 bridgehead atoms. The van der Waals surface area contributed by atoms with Gasteiger partial charge in [-0.3, -0.25) is 15.1 Å². The van der Waals surface area contributed by atoms with Crippen molar-refractivity contribution in [3.63, 3.8) is 0 Å². The Morgan fingerprint density at radius 1 is 1.07 bits per heavy atom. The molecular formula is C19H16N2O5S. The largest absolute Gasteiger partial charge is 0.493 e. The molecule has 0 saturated carbocycles. The fourth-order valence-corrected chi connectivity index (χ4v) is 3.70. The Morgan fingerprint density at radius 2 is 1.85 bits per heavy atom. The van der Waals surface area contributed by atoms with Crippen molar-refractivity contribution in [1.29, 1.82) is 5.41 Å². The Kier molecular flexibility index (Phi) is 4.41. The van der Waals surface area contributed by atoms with Crippen LogP contribution in [0.1, 0.15) is 5.56 Å². The van der Waals surface area contributed by atoms with Gasteiger partial charge in [0.15, 0.2) is 28.2 Å². The molecule has 8 heteroatoms. The van der Waals surface area contributed by atoms with E-state index in [4.69, 9.17) is 24.4 Å². The van der Waals surface area contributed by atoms with Gasteiger partial charge in [0.25, 0.3) is 5.91 Å². The van der Waals surface area contributed by atoms with Gasteiger partial charge in [-0.05, 0) is 47.7 Å². The number of rotatable bonds is 4. The second kappa shape index (κ2) is 6.88. The minimum absolute atomic E-state index is 0.130. The van der Waals surface area contributed by atoms with Gasteiger partial charge < -0.3 is 18.9 Å². The summed E-state index contributed by atoms with van der Waals surface area (Å²) in [5.41, 5.74) is 1.35. The van der Waals surface area contributed by atoms with Crippen LogP contribution in [0.2, 0.25) is 0 Å². The number of nitrogens with zero attached hydrogens (tertiary/aromatic N) is 1. The van der Waals surface area contributed by atoms with Gasteiger partial charge in [-0.2, -0.15) is 0 Å². The average molecular weight is 384 g/mol. The van der Waals surface area contributed by atoms with Gasteiger partial charge in [-0.15, -0.1) is 0 Å². The number of nitrogens with one attached hydrogen (secondary N) is 1. The summed E-state index contributed by atoms with van der Waals surface area (Å²) < 4.78 is 21.2. The van der Waals surface area contributed by atoms with Crippen molar-refractivity contribution in [2.45, 2.75) is 0 Å². The molecule has 2 aliphatic heterocycles. The number of ether oxygens (including phenoxy) is 4. The van der Waals surface area contributed by atoms with E-state index in [2.05, 4.69) is 0 Å². The van der Waals surface area contributed by atoms with Crippen LogP contribution in [0, 0.1) is 5.41 Å². The molecule has 2 aromatic rings. The van der Waals surface area contributed by atoms with Crippen molar-refractivity contribution < 1.29 is 23.7 Å². The molecular weight excluding hydrogens is 368 g/mol. The minimum atomic E-state index is -0.265. The molecule has 0 spiro atoms. The summed E-state index contributed by atoms with van der Waals surface area (Å²) >= 11 is 1.10. The topological polar surface area (TPSA) is 81.1 Å². The fraction of sp³-hybridized carbons (Fsp3) is 0.158. The summed E-state index contributed by atoms with van der Waals surface area (Å²) in [6, 6.07) is 10.6. The van der Waals surface area contributed by atoms with Gasteiger partial charge in [0.05, 0.1) is 24.8 Å². The van der Waals surface area contributed by atoms with Crippen LogP contribution in [0.4, 0.5) is 5.69 Å². The highest BCUT2D eigenvalue weighted by atomic mass is 32.2. The lowest BCUT2D eigenvalue weighted by atomic mass is 10.2. The molecule has 27 heavy (non-hydrogen) atoms. The van der Waals surface area contributed by atoms with Crippen LogP contribution in [0.15, 0.2) is 41.3 Å². The lowest BCUT2D eigenvalue weighted by Crippen LogP contribution is -2.28. The van der Waals surface area contributed by atoms with Crippen molar-refractivity contribution in [3.8, 4) is 23.0 Å². The normalized spacial score (nSPS) is 17.0. The average Bonchev–Trinajstić information content (AvgIpc) is 3.25. The molecule has 138 valence electrons. The van der Waals surface area contributed by atoms with Crippen LogP contribution in [-0.4, -0.2) is 32.1 Å². The lowest BCUT2D eigenvalue weighted by Gasteiger charge is -2.14. The predicted octanol–water partition coefficient (Wildman–Crippen LogP) is 3.49. The molecule has 4 rings (SSSR count). The van der Waals surface area contributed by atoms with Crippen LogP contribution < -0.4 is 23.8 Å². The number of benzene rings is 2. The number of hydrogen-bond donors (Lipinski definition) is 1. The van der Waals surface area contributed by atoms with Crippen molar-refractivity contribution in [1.82, 2.24) is 0 Å². The third-order valence-electron chi connectivity index (χ3n) is 4.14. The number of methoxy groups -OCH3 is 2. The van der Waals surface area contributed by atoms with Crippen molar-refractivity contribution in [2.24, 2.45) is 0 Å². The highest BCUT2D eigenvalue weighted by molar-refractivity contribution is 8.19. The SMILES string of the molecule is COc1ccc(/C=C2/SC(=N)N(c3ccc4c(c3)OCO4)C2=O)cc1OC. The number of fused-ring (bicyclic) bond motifs is 1. The zero-order valence-corrected chi connectivity index (χ0v) is 15.5. The highest BCUT2D eigenvalue weighted by Gasteiger charge is 2.34. The van der Waals surface area contributed by atoms with E-state index < -0.39 is 0 Å². The summed E-state index contributed by atoms with van der Waals surface area (Å²) in [6.07, 6.45) is 1.73. The van der Waals surface area contributed by atoms with Crippen LogP contribution >= 0.6 is 11.8 Å². The quantitative estimate of drug-likeness (QED) is 0.813. The maximum atomic E-state index is 12.9. The van der Waals surface area contributed by atoms with Crippen LogP contribution in [0.3, 0.4) is 0 Å². The number of carbonyl (C=O) groups excluding carboxylic acids is 1. The first-order chi connectivity index (χ1) is 13.1. The van der Waals surface area contributed by atoms with Gasteiger partial charge in [-0.25, -0.2) is 0 Å². The zero-order valence-electron chi connectivity index (χ0n) is 14.6. The van der Waals surface area contributed by atoms with Gasteiger partial charge >= 0.3 is 0 Å². The third kappa shape index (κ3) is 3.08. The standard InChI is InChI=1S/C19H16N2O5S/c1-23-13-5-3-11(7-15(13)24-2)8-17-18(22)21(19(20)27-17)12-4-6-14-16(9-12)26-10-25-14/h3-9,20H,10H2,1-2H3/b17-8+,20-19?. The third-order valence-corrected chi connectivity index (χ3v) is 5.03. The Balaban J connectivity index is 1.64. The molecule has 1 N–H and O–H groups in total. The Hall–Kier alpha value is -3.13. The molecule has 1 fully saturated rings. The summed E-state index contributed by atoms with van der Waals surface area (Å²) in [4.78, 5) is 14.7. The van der Waals surface area contributed by atoms with E-state index in [1.807, 2.05) is 6.07 Å². The molecule has 1 amide bonds. The molecule has 0 radical (unpaired) electrons. The smallest absolute Gasteiger partial charge is 0.271 e. The molecule has 0 aromatic heterocycles. The van der Waals surface area contributed by atoms with Crippen molar-refractivity contribution >= 4 is 34.6 Å². The molecule has 1 saturated heterocycles. The molecule has 7 nitrogen and oxygen atoms in total. The number of amides is 1. The van der Waals surface area contributed by atoms with E-state index in [9.17, 15) is 4.79 Å².